The van der Waals surface area contributed by atoms with Gasteiger partial charge >= 0.3 is 11.9 Å². The van der Waals surface area contributed by atoms with E-state index in [0.717, 1.165) is 44.9 Å². The molecule has 0 amide bonds. The fourth-order valence-electron chi connectivity index (χ4n) is 8.15. The maximum atomic E-state index is 13.6. The molecule has 33 heavy (non-hydrogen) atoms. The van der Waals surface area contributed by atoms with Crippen LogP contribution >= 0.6 is 0 Å². The molecular weight excluding hydrogens is 416 g/mol. The maximum absolute atomic E-state index is 13.6. The van der Waals surface area contributed by atoms with Crippen molar-refractivity contribution in [1.29, 1.82) is 0 Å². The van der Waals surface area contributed by atoms with Crippen LogP contribution in [0.5, 0.6) is 0 Å². The summed E-state index contributed by atoms with van der Waals surface area (Å²) in [5, 5.41) is 0. The molecule has 178 valence electrons. The second-order valence-corrected chi connectivity index (χ2v) is 11.5. The monoisotopic (exact) mass is 452 g/mol. The van der Waals surface area contributed by atoms with E-state index in [1.807, 2.05) is 18.2 Å². The van der Waals surface area contributed by atoms with Crippen molar-refractivity contribution in [2.24, 2.45) is 34.5 Å². The van der Waals surface area contributed by atoms with E-state index in [1.165, 1.54) is 6.92 Å². The van der Waals surface area contributed by atoms with Gasteiger partial charge in [-0.15, -0.1) is 0 Å². The zero-order valence-electron chi connectivity index (χ0n) is 20.0. The molecule has 4 aliphatic carbocycles. The van der Waals surface area contributed by atoms with Crippen molar-refractivity contribution in [2.45, 2.75) is 84.3 Å². The predicted octanol–water partition coefficient (Wildman–Crippen LogP) is 5.37. The molecule has 1 aromatic carbocycles. The largest absolute Gasteiger partial charge is 0.463 e. The zero-order chi connectivity index (χ0) is 23.4. The van der Waals surface area contributed by atoms with Gasteiger partial charge in [0.15, 0.2) is 0 Å². The molecule has 0 unspecified atom stereocenters. The number of esters is 2. The molecule has 4 aliphatic rings. The topological polar surface area (TPSA) is 69.7 Å². The fraction of sp³-hybridized carbons (Fsp3) is 0.679. The zero-order valence-corrected chi connectivity index (χ0v) is 20.0. The normalized spacial score (nSPS) is 42.0. The van der Waals surface area contributed by atoms with E-state index >= 15 is 0 Å². The van der Waals surface area contributed by atoms with Crippen LogP contribution in [-0.4, -0.2) is 29.9 Å². The lowest BCUT2D eigenvalue weighted by molar-refractivity contribution is -0.168. The molecule has 5 rings (SSSR count). The second-order valence-electron chi connectivity index (χ2n) is 11.5. The molecule has 5 heteroatoms. The van der Waals surface area contributed by atoms with E-state index in [4.69, 9.17) is 9.47 Å². The average molecular weight is 453 g/mol. The minimum absolute atomic E-state index is 0.0490. The highest BCUT2D eigenvalue weighted by Gasteiger charge is 2.63. The maximum Gasteiger partial charge on any atom is 0.338 e. The lowest BCUT2D eigenvalue weighted by Gasteiger charge is -2.59. The van der Waals surface area contributed by atoms with Gasteiger partial charge in [0.25, 0.3) is 0 Å². The lowest BCUT2D eigenvalue weighted by Crippen LogP contribution is -2.58. The smallest absolute Gasteiger partial charge is 0.338 e. The number of fused-ring (bicyclic) bond motifs is 5. The molecule has 0 heterocycles. The van der Waals surface area contributed by atoms with Crippen LogP contribution in [0.4, 0.5) is 0 Å². The van der Waals surface area contributed by atoms with E-state index in [-0.39, 0.29) is 46.8 Å². The molecule has 1 aromatic rings. The molecule has 0 spiro atoms. The average Bonchev–Trinajstić information content (AvgIpc) is 3.11. The predicted molar refractivity (Wildman–Crippen MR) is 123 cm³/mol. The molecule has 0 saturated heterocycles. The van der Waals surface area contributed by atoms with Gasteiger partial charge in [0, 0.05) is 24.7 Å². The number of hydrogen-bond acceptors (Lipinski definition) is 5. The Balaban J connectivity index is 1.34. The SMILES string of the molecule is CC(=O)O[C@H]1CC[C@]2(C)[C@H](CC(=O)[C@H]3[C@H]4CC[C@H](OC(=O)c5ccccc5)[C@]4(C)CC[C@H]32)C1. The quantitative estimate of drug-likeness (QED) is 0.577. The van der Waals surface area contributed by atoms with Gasteiger partial charge in [0.1, 0.15) is 18.0 Å². The molecule has 8 atom stereocenters. The third kappa shape index (κ3) is 3.72. The van der Waals surface area contributed by atoms with Crippen molar-refractivity contribution in [3.63, 3.8) is 0 Å². The number of hydrogen-bond donors (Lipinski definition) is 0. The number of benzene rings is 1. The van der Waals surface area contributed by atoms with Crippen LogP contribution in [0.25, 0.3) is 0 Å². The Bertz CT molecular complexity index is 941. The highest BCUT2D eigenvalue weighted by Crippen LogP contribution is 2.65. The summed E-state index contributed by atoms with van der Waals surface area (Å²) in [6.07, 6.45) is 6.92. The highest BCUT2D eigenvalue weighted by atomic mass is 16.5. The molecule has 4 saturated carbocycles. The molecule has 0 aliphatic heterocycles. The lowest BCUT2D eigenvalue weighted by atomic mass is 9.45. The Morgan fingerprint density at radius 1 is 0.909 bits per heavy atom. The summed E-state index contributed by atoms with van der Waals surface area (Å²) in [7, 11) is 0. The number of rotatable bonds is 3. The van der Waals surface area contributed by atoms with E-state index < -0.39 is 0 Å². The number of Topliss-reactive ketones (excluding diaryl/α,β-unsaturated/α-hetero) is 1. The van der Waals surface area contributed by atoms with E-state index in [2.05, 4.69) is 13.8 Å². The third-order valence-electron chi connectivity index (χ3n) is 9.93. The summed E-state index contributed by atoms with van der Waals surface area (Å²) < 4.78 is 11.6. The van der Waals surface area contributed by atoms with Gasteiger partial charge in [-0.3, -0.25) is 9.59 Å². The Kier molecular flexibility index (Phi) is 5.65. The van der Waals surface area contributed by atoms with Crippen molar-refractivity contribution < 1.29 is 23.9 Å². The van der Waals surface area contributed by atoms with Crippen LogP contribution in [0.2, 0.25) is 0 Å². The van der Waals surface area contributed by atoms with Crippen LogP contribution in [-0.2, 0) is 19.1 Å². The van der Waals surface area contributed by atoms with E-state index in [9.17, 15) is 14.4 Å². The standard InChI is InChI=1S/C28H36O5/c1-17(29)32-20-11-13-27(2)19(15-20)16-23(30)25-21-9-10-24(28(21,3)14-12-22(25)27)33-26(31)18-7-5-4-6-8-18/h4-8,19-22,24-25H,9-16H2,1-3H3/t19-,20-,21+,22+,24-,25-,27+,28+/m0/s1. The van der Waals surface area contributed by atoms with Crippen LogP contribution in [0.15, 0.2) is 30.3 Å². The Hall–Kier alpha value is -2.17. The first-order valence-electron chi connectivity index (χ1n) is 12.7. The summed E-state index contributed by atoms with van der Waals surface area (Å²) in [6.45, 7) is 6.11. The van der Waals surface area contributed by atoms with E-state index in [1.54, 1.807) is 12.1 Å². The molecule has 0 N–H and O–H groups in total. The van der Waals surface area contributed by atoms with Crippen LogP contribution in [0.3, 0.4) is 0 Å². The van der Waals surface area contributed by atoms with Gasteiger partial charge in [0.05, 0.1) is 5.56 Å². The Labute approximate surface area is 196 Å². The molecular formula is C28H36O5. The first kappa shape index (κ1) is 22.6. The molecule has 4 fully saturated rings. The highest BCUT2D eigenvalue weighted by molar-refractivity contribution is 5.89. The van der Waals surface area contributed by atoms with Crippen LogP contribution < -0.4 is 0 Å². The minimum atomic E-state index is -0.254. The van der Waals surface area contributed by atoms with Crippen molar-refractivity contribution in [2.75, 3.05) is 0 Å². The van der Waals surface area contributed by atoms with Crippen LogP contribution in [0.1, 0.15) is 82.5 Å². The van der Waals surface area contributed by atoms with Gasteiger partial charge in [-0.05, 0) is 80.2 Å². The van der Waals surface area contributed by atoms with Crippen LogP contribution in [0, 0.1) is 34.5 Å². The first-order valence-corrected chi connectivity index (χ1v) is 12.7. The van der Waals surface area contributed by atoms with Crippen molar-refractivity contribution in [3.8, 4) is 0 Å². The molecule has 0 aromatic heterocycles. The van der Waals surface area contributed by atoms with Gasteiger partial charge in [-0.2, -0.15) is 0 Å². The second kappa shape index (κ2) is 8.25. The summed E-state index contributed by atoms with van der Waals surface area (Å²) in [5.41, 5.74) is 0.571. The van der Waals surface area contributed by atoms with Gasteiger partial charge in [-0.25, -0.2) is 4.79 Å². The molecule has 0 radical (unpaired) electrons. The summed E-state index contributed by atoms with van der Waals surface area (Å²) in [4.78, 5) is 37.8. The number of ketones is 1. The summed E-state index contributed by atoms with van der Waals surface area (Å²) in [5.74, 6) is 0.925. The Morgan fingerprint density at radius 2 is 1.61 bits per heavy atom. The number of carbonyl (C=O) groups excluding carboxylic acids is 3. The minimum Gasteiger partial charge on any atom is -0.463 e. The number of carbonyl (C=O) groups is 3. The van der Waals surface area contributed by atoms with Gasteiger partial charge in [0.2, 0.25) is 0 Å². The first-order chi connectivity index (χ1) is 15.7. The Morgan fingerprint density at radius 3 is 2.33 bits per heavy atom. The van der Waals surface area contributed by atoms with E-state index in [0.29, 0.717) is 29.6 Å². The van der Waals surface area contributed by atoms with Gasteiger partial charge < -0.3 is 9.47 Å². The van der Waals surface area contributed by atoms with Gasteiger partial charge in [-0.1, -0.05) is 32.0 Å². The summed E-state index contributed by atoms with van der Waals surface area (Å²) >= 11 is 0. The van der Waals surface area contributed by atoms with Crippen molar-refractivity contribution in [1.82, 2.24) is 0 Å². The number of ether oxygens (including phenoxy) is 2. The summed E-state index contributed by atoms with van der Waals surface area (Å²) in [6, 6.07) is 9.20. The van der Waals surface area contributed by atoms with Crippen molar-refractivity contribution >= 4 is 17.7 Å². The molecule has 5 nitrogen and oxygen atoms in total. The third-order valence-corrected chi connectivity index (χ3v) is 9.93. The fourth-order valence-corrected chi connectivity index (χ4v) is 8.15. The van der Waals surface area contributed by atoms with Crippen molar-refractivity contribution in [3.05, 3.63) is 35.9 Å². The molecule has 0 bridgehead atoms.